The van der Waals surface area contributed by atoms with Gasteiger partial charge in [-0.25, -0.2) is 0 Å². The molecule has 1 fully saturated rings. The Labute approximate surface area is 121 Å². The SMILES string of the molecule is CCC(C)NC(=O)CCNC(=O)[C@@H]1CCCNC1.Cl. The number of halogens is 1. The van der Waals surface area contributed by atoms with Crippen molar-refractivity contribution in [3.63, 3.8) is 0 Å². The molecule has 6 heteroatoms. The number of carbonyl (C=O) groups is 2. The zero-order valence-corrected chi connectivity index (χ0v) is 12.6. The number of nitrogens with one attached hydrogen (secondary N) is 3. The standard InChI is InChI=1S/C13H25N3O2.ClH/c1-3-10(2)16-12(17)6-8-15-13(18)11-5-4-7-14-9-11;/h10-11,14H,3-9H2,1-2H3,(H,15,18)(H,16,17);1H/t10?,11-;/m1./s1. The second-order valence-corrected chi connectivity index (χ2v) is 4.96. The van der Waals surface area contributed by atoms with E-state index in [1.54, 1.807) is 0 Å². The topological polar surface area (TPSA) is 70.2 Å². The number of rotatable bonds is 6. The largest absolute Gasteiger partial charge is 0.355 e. The van der Waals surface area contributed by atoms with Gasteiger partial charge in [-0.2, -0.15) is 0 Å². The Hall–Kier alpha value is -0.810. The molecule has 1 heterocycles. The molecule has 5 nitrogen and oxygen atoms in total. The number of carbonyl (C=O) groups excluding carboxylic acids is 2. The molecule has 0 radical (unpaired) electrons. The molecule has 1 rings (SSSR count). The summed E-state index contributed by atoms with van der Waals surface area (Å²) in [5.41, 5.74) is 0. The Morgan fingerprint density at radius 2 is 2.16 bits per heavy atom. The summed E-state index contributed by atoms with van der Waals surface area (Å²) < 4.78 is 0. The van der Waals surface area contributed by atoms with Crippen LogP contribution in [-0.4, -0.2) is 37.5 Å². The van der Waals surface area contributed by atoms with Crippen molar-refractivity contribution in [3.8, 4) is 0 Å². The van der Waals surface area contributed by atoms with Gasteiger partial charge in [0.25, 0.3) is 0 Å². The third-order valence-corrected chi connectivity index (χ3v) is 3.34. The molecule has 19 heavy (non-hydrogen) atoms. The molecule has 1 saturated heterocycles. The molecule has 3 N–H and O–H groups in total. The van der Waals surface area contributed by atoms with Gasteiger partial charge in [-0.15, -0.1) is 12.4 Å². The van der Waals surface area contributed by atoms with Gasteiger partial charge < -0.3 is 16.0 Å². The Bertz CT molecular complexity index is 281. The van der Waals surface area contributed by atoms with Crippen LogP contribution >= 0.6 is 12.4 Å². The van der Waals surface area contributed by atoms with E-state index in [4.69, 9.17) is 0 Å². The van der Waals surface area contributed by atoms with Gasteiger partial charge in [0.1, 0.15) is 0 Å². The highest BCUT2D eigenvalue weighted by atomic mass is 35.5. The molecule has 0 aliphatic carbocycles. The van der Waals surface area contributed by atoms with Crippen LogP contribution < -0.4 is 16.0 Å². The van der Waals surface area contributed by atoms with Crippen LogP contribution in [0.2, 0.25) is 0 Å². The van der Waals surface area contributed by atoms with Crippen molar-refractivity contribution >= 4 is 24.2 Å². The van der Waals surface area contributed by atoms with Crippen molar-refractivity contribution < 1.29 is 9.59 Å². The van der Waals surface area contributed by atoms with Crippen LogP contribution in [0.25, 0.3) is 0 Å². The first-order valence-electron chi connectivity index (χ1n) is 6.91. The van der Waals surface area contributed by atoms with Gasteiger partial charge in [-0.1, -0.05) is 6.92 Å². The maximum absolute atomic E-state index is 11.8. The van der Waals surface area contributed by atoms with Crippen LogP contribution in [0.5, 0.6) is 0 Å². The summed E-state index contributed by atoms with van der Waals surface area (Å²) in [7, 11) is 0. The summed E-state index contributed by atoms with van der Waals surface area (Å²) in [6, 6.07) is 0.204. The van der Waals surface area contributed by atoms with Gasteiger partial charge in [0, 0.05) is 25.6 Å². The molecule has 2 amide bonds. The maximum atomic E-state index is 11.8. The van der Waals surface area contributed by atoms with E-state index in [0.717, 1.165) is 32.4 Å². The monoisotopic (exact) mass is 291 g/mol. The fourth-order valence-corrected chi connectivity index (χ4v) is 1.97. The first-order chi connectivity index (χ1) is 8.63. The Balaban J connectivity index is 0.00000324. The summed E-state index contributed by atoms with van der Waals surface area (Å²) in [5.74, 6) is 0.140. The van der Waals surface area contributed by atoms with Gasteiger partial charge >= 0.3 is 0 Å². The average Bonchev–Trinajstić information content (AvgIpc) is 2.39. The zero-order valence-electron chi connectivity index (χ0n) is 11.8. The number of piperidine rings is 1. The summed E-state index contributed by atoms with van der Waals surface area (Å²) >= 11 is 0. The Morgan fingerprint density at radius 3 is 2.74 bits per heavy atom. The summed E-state index contributed by atoms with van der Waals surface area (Å²) in [4.78, 5) is 23.3. The summed E-state index contributed by atoms with van der Waals surface area (Å²) in [6.45, 7) is 6.19. The zero-order chi connectivity index (χ0) is 13.4. The van der Waals surface area contributed by atoms with E-state index in [9.17, 15) is 9.59 Å². The second kappa shape index (κ2) is 10.0. The fraction of sp³-hybridized carbons (Fsp3) is 0.846. The van der Waals surface area contributed by atoms with E-state index in [0.29, 0.717) is 13.0 Å². The van der Waals surface area contributed by atoms with Gasteiger partial charge in [-0.05, 0) is 32.7 Å². The van der Waals surface area contributed by atoms with Crippen molar-refractivity contribution in [2.45, 2.75) is 45.6 Å². The lowest BCUT2D eigenvalue weighted by molar-refractivity contribution is -0.125. The average molecular weight is 292 g/mol. The molecule has 112 valence electrons. The van der Waals surface area contributed by atoms with Crippen LogP contribution in [0.15, 0.2) is 0 Å². The minimum absolute atomic E-state index is 0. The molecule has 0 aromatic heterocycles. The Morgan fingerprint density at radius 1 is 1.42 bits per heavy atom. The molecule has 0 aromatic rings. The van der Waals surface area contributed by atoms with Gasteiger partial charge in [0.2, 0.25) is 11.8 Å². The van der Waals surface area contributed by atoms with Gasteiger partial charge in [0.15, 0.2) is 0 Å². The van der Waals surface area contributed by atoms with Crippen molar-refractivity contribution in [1.29, 1.82) is 0 Å². The lowest BCUT2D eigenvalue weighted by Gasteiger charge is -2.21. The van der Waals surface area contributed by atoms with E-state index in [2.05, 4.69) is 16.0 Å². The number of amides is 2. The third kappa shape index (κ3) is 7.38. The first-order valence-corrected chi connectivity index (χ1v) is 6.91. The van der Waals surface area contributed by atoms with Crippen molar-refractivity contribution in [2.24, 2.45) is 5.92 Å². The quantitative estimate of drug-likeness (QED) is 0.679. The minimum Gasteiger partial charge on any atom is -0.355 e. The van der Waals surface area contributed by atoms with Crippen LogP contribution in [0.3, 0.4) is 0 Å². The normalized spacial score (nSPS) is 20.0. The Kier molecular flexibility index (Phi) is 9.61. The van der Waals surface area contributed by atoms with E-state index < -0.39 is 0 Å². The predicted molar refractivity (Wildman–Crippen MR) is 78.4 cm³/mol. The van der Waals surface area contributed by atoms with Crippen LogP contribution in [0.4, 0.5) is 0 Å². The number of hydrogen-bond donors (Lipinski definition) is 3. The summed E-state index contributed by atoms with van der Waals surface area (Å²) in [5, 5.41) is 8.92. The predicted octanol–water partition coefficient (Wildman–Crippen LogP) is 0.829. The van der Waals surface area contributed by atoms with E-state index in [-0.39, 0.29) is 36.2 Å². The molecular weight excluding hydrogens is 266 g/mol. The highest BCUT2D eigenvalue weighted by Gasteiger charge is 2.20. The molecule has 0 bridgehead atoms. The van der Waals surface area contributed by atoms with Gasteiger partial charge in [0.05, 0.1) is 5.92 Å². The third-order valence-electron chi connectivity index (χ3n) is 3.34. The molecule has 1 unspecified atom stereocenters. The number of hydrogen-bond acceptors (Lipinski definition) is 3. The molecule has 1 aliphatic rings. The first kappa shape index (κ1) is 18.2. The van der Waals surface area contributed by atoms with Crippen molar-refractivity contribution in [1.82, 2.24) is 16.0 Å². The van der Waals surface area contributed by atoms with Crippen LogP contribution in [0, 0.1) is 5.92 Å². The van der Waals surface area contributed by atoms with Crippen molar-refractivity contribution in [2.75, 3.05) is 19.6 Å². The highest BCUT2D eigenvalue weighted by Crippen LogP contribution is 2.09. The summed E-state index contributed by atoms with van der Waals surface area (Å²) in [6.07, 6.45) is 3.27. The molecule has 1 aliphatic heterocycles. The second-order valence-electron chi connectivity index (χ2n) is 4.96. The van der Waals surface area contributed by atoms with E-state index in [1.165, 1.54) is 0 Å². The van der Waals surface area contributed by atoms with E-state index in [1.807, 2.05) is 13.8 Å². The fourth-order valence-electron chi connectivity index (χ4n) is 1.97. The van der Waals surface area contributed by atoms with Crippen LogP contribution in [-0.2, 0) is 9.59 Å². The van der Waals surface area contributed by atoms with E-state index >= 15 is 0 Å². The lowest BCUT2D eigenvalue weighted by Crippen LogP contribution is -2.42. The maximum Gasteiger partial charge on any atom is 0.224 e. The highest BCUT2D eigenvalue weighted by molar-refractivity contribution is 5.85. The van der Waals surface area contributed by atoms with Crippen molar-refractivity contribution in [3.05, 3.63) is 0 Å². The molecule has 2 atom stereocenters. The molecule has 0 spiro atoms. The smallest absolute Gasteiger partial charge is 0.224 e. The molecule has 0 saturated carbocycles. The molecular formula is C13H26ClN3O2. The van der Waals surface area contributed by atoms with Crippen LogP contribution in [0.1, 0.15) is 39.5 Å². The minimum atomic E-state index is 0. The van der Waals surface area contributed by atoms with Gasteiger partial charge in [-0.3, -0.25) is 9.59 Å². The lowest BCUT2D eigenvalue weighted by atomic mass is 9.99. The molecule has 0 aromatic carbocycles.